The Morgan fingerprint density at radius 2 is 1.70 bits per heavy atom. The third kappa shape index (κ3) is 5.74. The Hall–Kier alpha value is -3.02. The molecule has 0 spiro atoms. The van der Waals surface area contributed by atoms with Gasteiger partial charge in [-0.25, -0.2) is 4.79 Å². The third-order valence-corrected chi connectivity index (χ3v) is 4.08. The predicted octanol–water partition coefficient (Wildman–Crippen LogP) is 3.23. The van der Waals surface area contributed by atoms with Gasteiger partial charge in [-0.2, -0.15) is 0 Å². The molecular formula is C21H25NO5. The van der Waals surface area contributed by atoms with Crippen molar-refractivity contribution in [3.8, 4) is 11.5 Å². The maximum atomic E-state index is 12.7. The van der Waals surface area contributed by atoms with Gasteiger partial charge in [0.25, 0.3) is 5.91 Å². The minimum absolute atomic E-state index is 0.126. The number of rotatable bonds is 8. The highest BCUT2D eigenvalue weighted by atomic mass is 16.5. The highest BCUT2D eigenvalue weighted by Crippen LogP contribution is 2.25. The summed E-state index contributed by atoms with van der Waals surface area (Å²) in [6, 6.07) is 11.2. The molecule has 1 amide bonds. The molecule has 0 aromatic heterocycles. The number of ether oxygens (including phenoxy) is 2. The van der Waals surface area contributed by atoms with E-state index in [2.05, 4.69) is 0 Å². The molecule has 0 aliphatic carbocycles. The van der Waals surface area contributed by atoms with E-state index in [0.717, 1.165) is 22.4 Å². The minimum atomic E-state index is -1.04. The summed E-state index contributed by atoms with van der Waals surface area (Å²) >= 11 is 0. The summed E-state index contributed by atoms with van der Waals surface area (Å²) in [5, 5.41) is 8.75. The van der Waals surface area contributed by atoms with Gasteiger partial charge >= 0.3 is 5.97 Å². The van der Waals surface area contributed by atoms with Crippen LogP contribution in [0.3, 0.4) is 0 Å². The Kier molecular flexibility index (Phi) is 6.82. The number of carbonyl (C=O) groups excluding carboxylic acids is 1. The zero-order chi connectivity index (χ0) is 20.0. The van der Waals surface area contributed by atoms with E-state index in [1.54, 1.807) is 37.9 Å². The zero-order valence-corrected chi connectivity index (χ0v) is 16.1. The number of benzene rings is 2. The van der Waals surface area contributed by atoms with Crippen molar-refractivity contribution < 1.29 is 24.2 Å². The average Bonchev–Trinajstić information content (AvgIpc) is 2.60. The summed E-state index contributed by atoms with van der Waals surface area (Å²) < 4.78 is 11.0. The topological polar surface area (TPSA) is 76.1 Å². The lowest BCUT2D eigenvalue weighted by atomic mass is 10.0. The van der Waals surface area contributed by atoms with E-state index in [-0.39, 0.29) is 5.91 Å². The van der Waals surface area contributed by atoms with E-state index in [9.17, 15) is 9.59 Å². The molecule has 0 saturated carbocycles. The van der Waals surface area contributed by atoms with Crippen LogP contribution in [0.1, 0.15) is 27.0 Å². The third-order valence-electron chi connectivity index (χ3n) is 4.08. The quantitative estimate of drug-likeness (QED) is 0.771. The molecular weight excluding hydrogens is 346 g/mol. The number of nitrogens with zero attached hydrogens (tertiary/aromatic N) is 1. The highest BCUT2D eigenvalue weighted by Gasteiger charge is 2.16. The highest BCUT2D eigenvalue weighted by molar-refractivity contribution is 5.94. The largest absolute Gasteiger partial charge is 0.492 e. The normalized spacial score (nSPS) is 10.4. The van der Waals surface area contributed by atoms with Crippen LogP contribution in [-0.4, -0.2) is 48.7 Å². The first-order valence-corrected chi connectivity index (χ1v) is 8.68. The van der Waals surface area contributed by atoms with Crippen LogP contribution in [0, 0.1) is 20.8 Å². The van der Waals surface area contributed by atoms with Gasteiger partial charge in [0.2, 0.25) is 0 Å². The maximum Gasteiger partial charge on any atom is 0.341 e. The van der Waals surface area contributed by atoms with Crippen molar-refractivity contribution >= 4 is 11.9 Å². The summed E-state index contributed by atoms with van der Waals surface area (Å²) in [5.74, 6) is 0.114. The van der Waals surface area contributed by atoms with Crippen molar-refractivity contribution in [2.45, 2.75) is 20.8 Å². The first-order valence-electron chi connectivity index (χ1n) is 8.68. The van der Waals surface area contributed by atoms with Crippen LogP contribution < -0.4 is 9.47 Å². The lowest BCUT2D eigenvalue weighted by molar-refractivity contribution is -0.139. The second-order valence-electron chi connectivity index (χ2n) is 6.51. The average molecular weight is 371 g/mol. The van der Waals surface area contributed by atoms with Crippen LogP contribution in [0.5, 0.6) is 11.5 Å². The summed E-state index contributed by atoms with van der Waals surface area (Å²) in [6.07, 6.45) is 0. The molecule has 6 heteroatoms. The molecule has 27 heavy (non-hydrogen) atoms. The van der Waals surface area contributed by atoms with Crippen molar-refractivity contribution in [3.05, 3.63) is 58.7 Å². The number of carbonyl (C=O) groups is 2. The smallest absolute Gasteiger partial charge is 0.341 e. The molecule has 144 valence electrons. The fourth-order valence-corrected chi connectivity index (χ4v) is 2.76. The van der Waals surface area contributed by atoms with Crippen molar-refractivity contribution in [1.82, 2.24) is 4.90 Å². The zero-order valence-electron chi connectivity index (χ0n) is 16.1. The summed E-state index contributed by atoms with van der Waals surface area (Å²) in [5.41, 5.74) is 3.10. The van der Waals surface area contributed by atoms with E-state index >= 15 is 0 Å². The summed E-state index contributed by atoms with van der Waals surface area (Å²) in [4.78, 5) is 24.9. The molecule has 2 aromatic carbocycles. The van der Waals surface area contributed by atoms with Gasteiger partial charge in [-0.1, -0.05) is 12.1 Å². The molecule has 0 radical (unpaired) electrons. The van der Waals surface area contributed by atoms with Crippen molar-refractivity contribution in [2.24, 2.45) is 0 Å². The van der Waals surface area contributed by atoms with Crippen molar-refractivity contribution in [1.29, 1.82) is 0 Å². The number of aliphatic carboxylic acids is 1. The van der Waals surface area contributed by atoms with E-state index in [0.29, 0.717) is 24.5 Å². The Bertz CT molecular complexity index is 808. The van der Waals surface area contributed by atoms with Gasteiger partial charge in [-0.3, -0.25) is 4.79 Å². The Balaban J connectivity index is 1.98. The number of hydrogen-bond acceptors (Lipinski definition) is 4. The van der Waals surface area contributed by atoms with Gasteiger partial charge < -0.3 is 19.5 Å². The molecule has 6 nitrogen and oxygen atoms in total. The van der Waals surface area contributed by atoms with E-state index < -0.39 is 12.6 Å². The first kappa shape index (κ1) is 20.3. The van der Waals surface area contributed by atoms with Crippen LogP contribution in [-0.2, 0) is 4.79 Å². The Labute approximate surface area is 159 Å². The molecule has 0 aliphatic rings. The van der Waals surface area contributed by atoms with Crippen LogP contribution >= 0.6 is 0 Å². The molecule has 0 bridgehead atoms. The molecule has 0 aliphatic heterocycles. The van der Waals surface area contributed by atoms with Crippen LogP contribution in [0.2, 0.25) is 0 Å². The molecule has 0 saturated heterocycles. The van der Waals surface area contributed by atoms with Gasteiger partial charge in [0.05, 0.1) is 6.54 Å². The number of carboxylic acids is 1. The maximum absolute atomic E-state index is 12.7. The van der Waals surface area contributed by atoms with Gasteiger partial charge in [0, 0.05) is 12.6 Å². The molecule has 0 fully saturated rings. The summed E-state index contributed by atoms with van der Waals surface area (Å²) in [7, 11) is 1.72. The SMILES string of the molecule is Cc1cccc(OCCN(C)C(=O)c2cc(C)c(OCC(=O)O)c(C)c2)c1. The van der Waals surface area contributed by atoms with E-state index in [4.69, 9.17) is 14.6 Å². The van der Waals surface area contributed by atoms with Gasteiger partial charge in [0.1, 0.15) is 18.1 Å². The summed E-state index contributed by atoms with van der Waals surface area (Å²) in [6.45, 7) is 6.01. The molecule has 2 aromatic rings. The fraction of sp³-hybridized carbons (Fsp3) is 0.333. The lowest BCUT2D eigenvalue weighted by Gasteiger charge is -2.19. The number of amides is 1. The van der Waals surface area contributed by atoms with E-state index in [1.807, 2.05) is 31.2 Å². The predicted molar refractivity (Wildman–Crippen MR) is 103 cm³/mol. The van der Waals surface area contributed by atoms with Crippen molar-refractivity contribution in [3.63, 3.8) is 0 Å². The van der Waals surface area contributed by atoms with Crippen LogP contribution in [0.15, 0.2) is 36.4 Å². The first-order chi connectivity index (χ1) is 12.8. The van der Waals surface area contributed by atoms with Crippen LogP contribution in [0.4, 0.5) is 0 Å². The van der Waals surface area contributed by atoms with Crippen molar-refractivity contribution in [2.75, 3.05) is 26.8 Å². The second kappa shape index (κ2) is 9.07. The molecule has 1 N–H and O–H groups in total. The number of hydrogen-bond donors (Lipinski definition) is 1. The second-order valence-corrected chi connectivity index (χ2v) is 6.51. The molecule has 2 rings (SSSR count). The minimum Gasteiger partial charge on any atom is -0.492 e. The standard InChI is InChI=1S/C21H25NO5/c1-14-6-5-7-18(10-14)26-9-8-22(4)21(25)17-11-15(2)20(16(3)12-17)27-13-19(23)24/h5-7,10-12H,8-9,13H2,1-4H3,(H,23,24). The molecule has 0 heterocycles. The Morgan fingerprint density at radius 3 is 2.30 bits per heavy atom. The van der Waals surface area contributed by atoms with E-state index in [1.165, 1.54) is 0 Å². The van der Waals surface area contributed by atoms with Gasteiger partial charge in [0.15, 0.2) is 6.61 Å². The lowest BCUT2D eigenvalue weighted by Crippen LogP contribution is -2.31. The molecule has 0 atom stereocenters. The van der Waals surface area contributed by atoms with Gasteiger partial charge in [-0.05, 0) is 61.7 Å². The number of aryl methyl sites for hydroxylation is 3. The number of likely N-dealkylation sites (N-methyl/N-ethyl adjacent to an activating group) is 1. The van der Waals surface area contributed by atoms with Crippen LogP contribution in [0.25, 0.3) is 0 Å². The number of carboxylic acid groups (broad SMARTS) is 1. The Morgan fingerprint density at radius 1 is 1.04 bits per heavy atom. The van der Waals surface area contributed by atoms with Gasteiger partial charge in [-0.15, -0.1) is 0 Å². The monoisotopic (exact) mass is 371 g/mol. The molecule has 0 unspecified atom stereocenters. The fourth-order valence-electron chi connectivity index (χ4n) is 2.76.